The first kappa shape index (κ1) is 17.2. The van der Waals surface area contributed by atoms with E-state index in [9.17, 15) is 9.90 Å². The van der Waals surface area contributed by atoms with Crippen molar-refractivity contribution >= 4 is 5.91 Å². The van der Waals surface area contributed by atoms with Gasteiger partial charge in [-0.1, -0.05) is 18.2 Å². The lowest BCUT2D eigenvalue weighted by atomic mass is 10.00. The smallest absolute Gasteiger partial charge is 0.237 e. The van der Waals surface area contributed by atoms with Crippen LogP contribution in [-0.4, -0.2) is 47.3 Å². The van der Waals surface area contributed by atoms with Gasteiger partial charge in [0.25, 0.3) is 0 Å². The highest BCUT2D eigenvalue weighted by atomic mass is 16.5. The number of carbonyl (C=O) groups is 1. The number of amides is 1. The highest BCUT2D eigenvalue weighted by molar-refractivity contribution is 5.82. The minimum atomic E-state index is -0.326. The Bertz CT molecular complexity index is 575. The fourth-order valence-electron chi connectivity index (χ4n) is 3.95. The lowest BCUT2D eigenvalue weighted by Crippen LogP contribution is -2.49. The van der Waals surface area contributed by atoms with E-state index in [4.69, 9.17) is 4.74 Å². The monoisotopic (exact) mass is 332 g/mol. The number of likely N-dealkylation sites (tertiary alicyclic amines) is 1. The van der Waals surface area contributed by atoms with Crippen LogP contribution in [0.3, 0.4) is 0 Å². The molecule has 3 rings (SSSR count). The van der Waals surface area contributed by atoms with Gasteiger partial charge in [0.2, 0.25) is 5.91 Å². The number of para-hydroxylation sites is 1. The van der Waals surface area contributed by atoms with Crippen LogP contribution in [0.2, 0.25) is 0 Å². The molecule has 0 spiro atoms. The molecule has 1 aromatic rings. The predicted molar refractivity (Wildman–Crippen MR) is 92.9 cm³/mol. The second kappa shape index (κ2) is 7.53. The number of benzene rings is 1. The summed E-state index contributed by atoms with van der Waals surface area (Å²) in [6.07, 6.45) is 3.36. The Kier molecular flexibility index (Phi) is 5.41. The molecule has 2 heterocycles. The van der Waals surface area contributed by atoms with Gasteiger partial charge in [-0.2, -0.15) is 0 Å². The van der Waals surface area contributed by atoms with E-state index >= 15 is 0 Å². The van der Waals surface area contributed by atoms with Crippen LogP contribution < -0.4 is 10.1 Å². The lowest BCUT2D eigenvalue weighted by Gasteiger charge is -2.33. The molecular weight excluding hydrogens is 304 g/mol. The maximum atomic E-state index is 12.8. The Morgan fingerprint density at radius 3 is 2.96 bits per heavy atom. The van der Waals surface area contributed by atoms with Gasteiger partial charge in [-0.25, -0.2) is 0 Å². The molecule has 0 aromatic heterocycles. The van der Waals surface area contributed by atoms with Crippen molar-refractivity contribution < 1.29 is 14.6 Å². The average Bonchev–Trinajstić information content (AvgIpc) is 3.01. The Balaban J connectivity index is 1.65. The summed E-state index contributed by atoms with van der Waals surface area (Å²) in [5.41, 5.74) is 1.06. The largest absolute Gasteiger partial charge is 0.493 e. The van der Waals surface area contributed by atoms with Gasteiger partial charge in [0.15, 0.2) is 0 Å². The summed E-state index contributed by atoms with van der Waals surface area (Å²) in [4.78, 5) is 15.0. The quantitative estimate of drug-likeness (QED) is 0.868. The molecular formula is C19H28N2O3. The number of fused-ring (bicyclic) bond motifs is 1. The normalized spacial score (nSPS) is 26.3. The van der Waals surface area contributed by atoms with E-state index in [0.717, 1.165) is 43.5 Å². The second-order valence-corrected chi connectivity index (χ2v) is 7.03. The zero-order valence-corrected chi connectivity index (χ0v) is 14.6. The summed E-state index contributed by atoms with van der Waals surface area (Å²) in [6.45, 7) is 5.35. The Morgan fingerprint density at radius 1 is 1.38 bits per heavy atom. The van der Waals surface area contributed by atoms with Crippen molar-refractivity contribution in [3.63, 3.8) is 0 Å². The third kappa shape index (κ3) is 3.73. The van der Waals surface area contributed by atoms with Crippen molar-refractivity contribution in [1.29, 1.82) is 0 Å². The lowest BCUT2D eigenvalue weighted by molar-refractivity contribution is -0.127. The maximum absolute atomic E-state index is 12.8. The summed E-state index contributed by atoms with van der Waals surface area (Å²) >= 11 is 0. The zero-order valence-electron chi connectivity index (χ0n) is 14.6. The summed E-state index contributed by atoms with van der Waals surface area (Å²) in [5, 5.41) is 12.9. The van der Waals surface area contributed by atoms with Crippen LogP contribution in [0, 0.1) is 0 Å². The van der Waals surface area contributed by atoms with Crippen LogP contribution in [0.25, 0.3) is 0 Å². The van der Waals surface area contributed by atoms with Crippen molar-refractivity contribution in [2.75, 3.05) is 13.2 Å². The van der Waals surface area contributed by atoms with Gasteiger partial charge in [0.05, 0.1) is 24.8 Å². The summed E-state index contributed by atoms with van der Waals surface area (Å²) in [5.74, 6) is 0.934. The first-order chi connectivity index (χ1) is 11.6. The molecule has 132 valence electrons. The van der Waals surface area contributed by atoms with Crippen LogP contribution in [0.4, 0.5) is 0 Å². The third-order valence-corrected chi connectivity index (χ3v) is 5.19. The van der Waals surface area contributed by atoms with Crippen molar-refractivity contribution in [2.24, 2.45) is 0 Å². The van der Waals surface area contributed by atoms with E-state index in [0.29, 0.717) is 12.6 Å². The summed E-state index contributed by atoms with van der Waals surface area (Å²) in [7, 11) is 0. The molecule has 0 aliphatic carbocycles. The molecule has 1 aromatic carbocycles. The second-order valence-electron chi connectivity index (χ2n) is 7.03. The van der Waals surface area contributed by atoms with Crippen LogP contribution in [-0.2, 0) is 4.79 Å². The van der Waals surface area contributed by atoms with Crippen LogP contribution in [0.15, 0.2) is 24.3 Å². The zero-order chi connectivity index (χ0) is 17.1. The van der Waals surface area contributed by atoms with Gasteiger partial charge in [-0.15, -0.1) is 0 Å². The number of carbonyl (C=O) groups excluding carboxylic acids is 1. The van der Waals surface area contributed by atoms with Crippen LogP contribution in [0.5, 0.6) is 5.75 Å². The van der Waals surface area contributed by atoms with Crippen molar-refractivity contribution in [2.45, 2.75) is 63.8 Å². The topological polar surface area (TPSA) is 61.8 Å². The molecule has 5 nitrogen and oxygen atoms in total. The van der Waals surface area contributed by atoms with E-state index in [1.807, 2.05) is 38.1 Å². The number of aliphatic hydroxyl groups excluding tert-OH is 1. The van der Waals surface area contributed by atoms with Gasteiger partial charge in [0, 0.05) is 18.0 Å². The number of rotatable bonds is 5. The molecule has 0 unspecified atom stereocenters. The Hall–Kier alpha value is -1.59. The number of hydrogen-bond donors (Lipinski definition) is 2. The van der Waals surface area contributed by atoms with Gasteiger partial charge < -0.3 is 15.2 Å². The maximum Gasteiger partial charge on any atom is 0.237 e. The van der Waals surface area contributed by atoms with Gasteiger partial charge in [-0.05, 0) is 45.7 Å². The number of nitrogens with zero attached hydrogens (tertiary/aromatic N) is 1. The van der Waals surface area contributed by atoms with Crippen molar-refractivity contribution in [3.8, 4) is 5.75 Å². The Morgan fingerprint density at radius 2 is 2.17 bits per heavy atom. The third-order valence-electron chi connectivity index (χ3n) is 5.19. The van der Waals surface area contributed by atoms with Crippen LogP contribution in [0.1, 0.15) is 51.1 Å². The number of aliphatic hydroxyl groups is 1. The molecule has 0 radical (unpaired) electrons. The summed E-state index contributed by atoms with van der Waals surface area (Å²) < 4.78 is 5.67. The van der Waals surface area contributed by atoms with Gasteiger partial charge in [-0.3, -0.25) is 9.69 Å². The van der Waals surface area contributed by atoms with E-state index in [2.05, 4.69) is 10.2 Å². The first-order valence-corrected chi connectivity index (χ1v) is 9.02. The molecule has 1 amide bonds. The molecule has 0 saturated carbocycles. The molecule has 1 fully saturated rings. The molecule has 2 aliphatic heterocycles. The average molecular weight is 332 g/mol. The fourth-order valence-corrected chi connectivity index (χ4v) is 3.95. The summed E-state index contributed by atoms with van der Waals surface area (Å²) in [6, 6.07) is 8.06. The number of hydrogen-bond acceptors (Lipinski definition) is 4. The van der Waals surface area contributed by atoms with E-state index < -0.39 is 0 Å². The number of ether oxygens (including phenoxy) is 1. The predicted octanol–water partition coefficient (Wildman–Crippen LogP) is 2.25. The van der Waals surface area contributed by atoms with Gasteiger partial charge in [0.1, 0.15) is 5.75 Å². The minimum absolute atomic E-state index is 0.0164. The van der Waals surface area contributed by atoms with Crippen molar-refractivity contribution in [1.82, 2.24) is 10.2 Å². The fraction of sp³-hybridized carbons (Fsp3) is 0.632. The van der Waals surface area contributed by atoms with Crippen molar-refractivity contribution in [3.05, 3.63) is 29.8 Å². The molecule has 5 heteroatoms. The highest BCUT2D eigenvalue weighted by Gasteiger charge is 2.34. The molecule has 4 atom stereocenters. The van der Waals surface area contributed by atoms with E-state index in [1.54, 1.807) is 0 Å². The molecule has 1 saturated heterocycles. The highest BCUT2D eigenvalue weighted by Crippen LogP contribution is 2.32. The van der Waals surface area contributed by atoms with Gasteiger partial charge >= 0.3 is 0 Å². The molecule has 0 bridgehead atoms. The van der Waals surface area contributed by atoms with E-state index in [-0.39, 0.29) is 24.1 Å². The Labute approximate surface area is 144 Å². The number of nitrogens with one attached hydrogen (secondary N) is 1. The van der Waals surface area contributed by atoms with Crippen LogP contribution >= 0.6 is 0 Å². The molecule has 2 aliphatic rings. The first-order valence-electron chi connectivity index (χ1n) is 9.02. The van der Waals surface area contributed by atoms with E-state index in [1.165, 1.54) is 0 Å². The SMILES string of the molecule is C[C@H](O)C[C@@H]1CCCN1[C@@H](C)C(=O)N[C@@H]1CCOc2ccccc21. The molecule has 2 N–H and O–H groups in total. The minimum Gasteiger partial charge on any atom is -0.493 e. The standard InChI is InChI=1S/C19H28N2O3/c1-13(22)12-15-6-5-10-21(15)14(2)19(23)20-17-9-11-24-18-8-4-3-7-16(17)18/h3-4,7-8,13-15,17,22H,5-6,9-12H2,1-2H3,(H,20,23)/t13-,14-,15-,17+/m0/s1. The molecule has 24 heavy (non-hydrogen) atoms.